The van der Waals surface area contributed by atoms with Crippen LogP contribution in [-0.4, -0.2) is 77.9 Å². The van der Waals surface area contributed by atoms with Crippen molar-refractivity contribution < 1.29 is 5.11 Å². The molecular weight excluding hydrogens is 410 g/mol. The Bertz CT molecular complexity index is 1050. The molecule has 1 N–H and O–H groups in total. The molecule has 1 aromatic heterocycles. The number of fused-ring (bicyclic) bond motifs is 1. The maximum absolute atomic E-state index is 10.4. The smallest absolute Gasteiger partial charge is 0.140 e. The van der Waals surface area contributed by atoms with Gasteiger partial charge in [0.05, 0.1) is 5.52 Å². The van der Waals surface area contributed by atoms with Crippen LogP contribution in [-0.2, 0) is 0 Å². The van der Waals surface area contributed by atoms with Crippen LogP contribution in [0.15, 0.2) is 60.9 Å². The van der Waals surface area contributed by atoms with Gasteiger partial charge in [-0.05, 0) is 37.9 Å². The highest BCUT2D eigenvalue weighted by molar-refractivity contribution is 6.34. The normalized spacial score (nSPS) is 16.5. The Labute approximate surface area is 188 Å². The number of rotatable bonds is 6. The first kappa shape index (κ1) is 21.7. The Morgan fingerprint density at radius 1 is 1.10 bits per heavy atom. The molecule has 1 saturated heterocycles. The minimum Gasteiger partial charge on any atom is -0.375 e. The standard InChI is InChI=1S/C24H28ClN5O/c1-28(2)10-6-9-23(31)29-11-13-30(14-12-29)24-20-15-21(25)19(16-22(20)26-17-27-24)18-7-4-3-5-8-18/h3-9,15-17,23,31H,10-14H2,1-2H3/b9-6+. The minimum absolute atomic E-state index is 0.563. The van der Waals surface area contributed by atoms with Crippen LogP contribution in [0.3, 0.4) is 0 Å². The van der Waals surface area contributed by atoms with Crippen LogP contribution < -0.4 is 4.90 Å². The van der Waals surface area contributed by atoms with Gasteiger partial charge in [0.25, 0.3) is 0 Å². The second kappa shape index (κ2) is 9.75. The third-order valence-corrected chi connectivity index (χ3v) is 5.87. The van der Waals surface area contributed by atoms with Crippen LogP contribution in [0.25, 0.3) is 22.0 Å². The number of piperazine rings is 1. The zero-order valence-electron chi connectivity index (χ0n) is 17.9. The van der Waals surface area contributed by atoms with Gasteiger partial charge in [0.2, 0.25) is 0 Å². The van der Waals surface area contributed by atoms with Crippen LogP contribution in [0.2, 0.25) is 5.02 Å². The molecule has 1 unspecified atom stereocenters. The molecule has 0 aliphatic carbocycles. The zero-order valence-corrected chi connectivity index (χ0v) is 18.7. The van der Waals surface area contributed by atoms with Gasteiger partial charge in [0, 0.05) is 48.7 Å². The van der Waals surface area contributed by atoms with E-state index in [9.17, 15) is 5.11 Å². The van der Waals surface area contributed by atoms with Crippen molar-refractivity contribution in [3.8, 4) is 11.1 Å². The molecule has 2 heterocycles. The molecule has 2 aromatic carbocycles. The van der Waals surface area contributed by atoms with Crippen molar-refractivity contribution in [1.82, 2.24) is 19.8 Å². The monoisotopic (exact) mass is 437 g/mol. The molecule has 7 heteroatoms. The number of aliphatic hydroxyl groups excluding tert-OH is 1. The van der Waals surface area contributed by atoms with Crippen molar-refractivity contribution in [2.45, 2.75) is 6.23 Å². The van der Waals surface area contributed by atoms with Crippen LogP contribution >= 0.6 is 11.6 Å². The fourth-order valence-electron chi connectivity index (χ4n) is 3.87. The molecule has 0 amide bonds. The second-order valence-corrected chi connectivity index (χ2v) is 8.45. The van der Waals surface area contributed by atoms with Gasteiger partial charge in [0.1, 0.15) is 18.4 Å². The summed E-state index contributed by atoms with van der Waals surface area (Å²) in [4.78, 5) is 15.5. The van der Waals surface area contributed by atoms with E-state index in [2.05, 4.69) is 24.7 Å². The predicted molar refractivity (Wildman–Crippen MR) is 127 cm³/mol. The predicted octanol–water partition coefficient (Wildman–Crippen LogP) is 3.51. The summed E-state index contributed by atoms with van der Waals surface area (Å²) >= 11 is 6.66. The Hall–Kier alpha value is -2.51. The van der Waals surface area contributed by atoms with E-state index in [1.807, 2.05) is 68.7 Å². The molecule has 0 saturated carbocycles. The first-order valence-electron chi connectivity index (χ1n) is 10.5. The molecule has 0 spiro atoms. The number of anilines is 1. The average Bonchev–Trinajstić information content (AvgIpc) is 2.78. The lowest BCUT2D eigenvalue weighted by molar-refractivity contribution is 0.0374. The van der Waals surface area contributed by atoms with Gasteiger partial charge in [-0.25, -0.2) is 9.97 Å². The first-order valence-corrected chi connectivity index (χ1v) is 10.9. The van der Waals surface area contributed by atoms with Crippen molar-refractivity contribution in [3.05, 3.63) is 66.0 Å². The minimum atomic E-state index is -0.563. The van der Waals surface area contributed by atoms with E-state index >= 15 is 0 Å². The van der Waals surface area contributed by atoms with Gasteiger partial charge < -0.3 is 14.9 Å². The fraction of sp³-hybridized carbons (Fsp3) is 0.333. The molecular formula is C24H28ClN5O. The lowest BCUT2D eigenvalue weighted by Gasteiger charge is -2.37. The van der Waals surface area contributed by atoms with Gasteiger partial charge in [-0.3, -0.25) is 4.90 Å². The number of benzene rings is 2. The highest BCUT2D eigenvalue weighted by atomic mass is 35.5. The highest BCUT2D eigenvalue weighted by Gasteiger charge is 2.23. The van der Waals surface area contributed by atoms with Gasteiger partial charge in [0.15, 0.2) is 0 Å². The average molecular weight is 438 g/mol. The molecule has 1 fully saturated rings. The summed E-state index contributed by atoms with van der Waals surface area (Å²) in [5.41, 5.74) is 2.92. The summed E-state index contributed by atoms with van der Waals surface area (Å²) in [5, 5.41) is 12.1. The van der Waals surface area contributed by atoms with Crippen molar-refractivity contribution in [2.24, 2.45) is 0 Å². The quantitative estimate of drug-likeness (QED) is 0.595. The lowest BCUT2D eigenvalue weighted by Crippen LogP contribution is -2.50. The molecule has 3 aromatic rings. The van der Waals surface area contributed by atoms with Crippen molar-refractivity contribution in [3.63, 3.8) is 0 Å². The lowest BCUT2D eigenvalue weighted by atomic mass is 10.0. The largest absolute Gasteiger partial charge is 0.375 e. The van der Waals surface area contributed by atoms with E-state index in [0.29, 0.717) is 5.02 Å². The van der Waals surface area contributed by atoms with Gasteiger partial charge in [-0.15, -0.1) is 0 Å². The summed E-state index contributed by atoms with van der Waals surface area (Å²) in [6.45, 7) is 3.89. The van der Waals surface area contributed by atoms with E-state index in [1.54, 1.807) is 6.33 Å². The number of aromatic nitrogens is 2. The van der Waals surface area contributed by atoms with Crippen LogP contribution in [0, 0.1) is 0 Å². The maximum Gasteiger partial charge on any atom is 0.140 e. The molecule has 1 atom stereocenters. The molecule has 1 aliphatic heterocycles. The number of hydrogen-bond donors (Lipinski definition) is 1. The van der Waals surface area contributed by atoms with Gasteiger partial charge in [-0.2, -0.15) is 0 Å². The molecule has 0 bridgehead atoms. The summed E-state index contributed by atoms with van der Waals surface area (Å²) in [6.07, 6.45) is 4.92. The summed E-state index contributed by atoms with van der Waals surface area (Å²) in [7, 11) is 4.02. The van der Waals surface area contributed by atoms with Crippen molar-refractivity contribution in [1.29, 1.82) is 0 Å². The van der Waals surface area contributed by atoms with E-state index < -0.39 is 6.23 Å². The van der Waals surface area contributed by atoms with Crippen molar-refractivity contribution in [2.75, 3.05) is 51.7 Å². The van der Waals surface area contributed by atoms with E-state index in [-0.39, 0.29) is 0 Å². The van der Waals surface area contributed by atoms with E-state index in [4.69, 9.17) is 11.6 Å². The number of hydrogen-bond acceptors (Lipinski definition) is 6. The Morgan fingerprint density at radius 2 is 1.84 bits per heavy atom. The fourth-order valence-corrected chi connectivity index (χ4v) is 4.14. The summed E-state index contributed by atoms with van der Waals surface area (Å²) < 4.78 is 0. The molecule has 6 nitrogen and oxygen atoms in total. The van der Waals surface area contributed by atoms with Crippen LogP contribution in [0.4, 0.5) is 5.82 Å². The second-order valence-electron chi connectivity index (χ2n) is 8.04. The molecule has 0 radical (unpaired) electrons. The SMILES string of the molecule is CN(C)C/C=C/C(O)N1CCN(c2ncnc3cc(-c4ccccc4)c(Cl)cc23)CC1. The number of halogens is 1. The van der Waals surface area contributed by atoms with Gasteiger partial charge in [-0.1, -0.05) is 48.0 Å². The summed E-state index contributed by atoms with van der Waals surface area (Å²) in [6, 6.07) is 14.1. The zero-order chi connectivity index (χ0) is 21.8. The van der Waals surface area contributed by atoms with Gasteiger partial charge >= 0.3 is 0 Å². The summed E-state index contributed by atoms with van der Waals surface area (Å²) in [5.74, 6) is 0.892. The third-order valence-electron chi connectivity index (χ3n) is 5.55. The number of aliphatic hydroxyl groups is 1. The Kier molecular flexibility index (Phi) is 6.83. The molecule has 31 heavy (non-hydrogen) atoms. The van der Waals surface area contributed by atoms with Crippen LogP contribution in [0.5, 0.6) is 0 Å². The number of likely N-dealkylation sites (N-methyl/N-ethyl adjacent to an activating group) is 1. The Morgan fingerprint density at radius 3 is 2.55 bits per heavy atom. The van der Waals surface area contributed by atoms with E-state index in [0.717, 1.165) is 60.6 Å². The molecule has 1 aliphatic rings. The third kappa shape index (κ3) is 5.05. The highest BCUT2D eigenvalue weighted by Crippen LogP contribution is 2.34. The first-order chi connectivity index (χ1) is 15.0. The topological polar surface area (TPSA) is 55.7 Å². The molecule has 162 valence electrons. The van der Waals surface area contributed by atoms with Crippen molar-refractivity contribution >= 4 is 28.3 Å². The number of nitrogens with zero attached hydrogens (tertiary/aromatic N) is 5. The van der Waals surface area contributed by atoms with Crippen LogP contribution in [0.1, 0.15) is 0 Å². The van der Waals surface area contributed by atoms with E-state index in [1.165, 1.54) is 0 Å². The Balaban J connectivity index is 1.52. The molecule has 4 rings (SSSR count). The maximum atomic E-state index is 10.4.